The fourth-order valence-corrected chi connectivity index (χ4v) is 4.82. The number of hydrogen-bond acceptors (Lipinski definition) is 19. The van der Waals surface area contributed by atoms with E-state index in [0.29, 0.717) is 157 Å². The number of nitrogens with two attached hydrogens (primary N) is 1. The van der Waals surface area contributed by atoms with Crippen LogP contribution >= 0.6 is 0 Å². The lowest BCUT2D eigenvalue weighted by atomic mass is 10.1. The summed E-state index contributed by atoms with van der Waals surface area (Å²) in [6.07, 6.45) is 7.31. The van der Waals surface area contributed by atoms with Crippen molar-refractivity contribution in [2.45, 2.75) is 123 Å². The minimum Gasteiger partial charge on any atom is -0.466 e. The Kier molecular flexibility index (Phi) is 53.2. The molecule has 0 heterocycles. The van der Waals surface area contributed by atoms with E-state index in [1.54, 1.807) is 21.3 Å². The molecule has 0 bridgehead atoms. The van der Waals surface area contributed by atoms with Gasteiger partial charge in [-0.25, -0.2) is 9.59 Å². The molecule has 0 aromatic rings. The number of carbonyl (C=O) groups excluding carboxylic acids is 4. The Hall–Kier alpha value is -3.08. The van der Waals surface area contributed by atoms with Crippen molar-refractivity contribution in [3.63, 3.8) is 0 Å². The SMILES string of the molecule is C=CC(=O)OCCCCOC(=O)C=C.COCCOCC(C)OCC(C)CCCC(=O)OCCCCOC(=O)CCNC(C)COC(C)COCCOC.COCCOCC(C)OCC(C)N. The second-order valence-electron chi connectivity index (χ2n) is 15.8. The van der Waals surface area contributed by atoms with E-state index < -0.39 is 11.9 Å². The predicted molar refractivity (Wildman–Crippen MR) is 256 cm³/mol. The highest BCUT2D eigenvalue weighted by molar-refractivity contribution is 5.81. The normalized spacial score (nSPS) is 13.5. The van der Waals surface area contributed by atoms with Gasteiger partial charge in [0.15, 0.2) is 0 Å². The van der Waals surface area contributed by atoms with Crippen LogP contribution in [0.5, 0.6) is 0 Å². The molecule has 0 spiro atoms. The first-order valence-electron chi connectivity index (χ1n) is 23.6. The lowest BCUT2D eigenvalue weighted by Gasteiger charge is -2.18. The molecule has 19 heteroatoms. The van der Waals surface area contributed by atoms with Gasteiger partial charge >= 0.3 is 23.9 Å². The summed E-state index contributed by atoms with van der Waals surface area (Å²) in [5.74, 6) is -0.956. The van der Waals surface area contributed by atoms with Gasteiger partial charge in [0.05, 0.1) is 124 Å². The van der Waals surface area contributed by atoms with Crippen molar-refractivity contribution in [1.82, 2.24) is 5.32 Å². The molecule has 396 valence electrons. The second kappa shape index (κ2) is 52.3. The van der Waals surface area contributed by atoms with Crippen LogP contribution < -0.4 is 11.1 Å². The molecule has 0 fully saturated rings. The third-order valence-corrected chi connectivity index (χ3v) is 8.62. The van der Waals surface area contributed by atoms with E-state index in [1.807, 2.05) is 34.6 Å². The molecule has 6 atom stereocenters. The number of nitrogens with one attached hydrogen (secondary N) is 1. The third-order valence-electron chi connectivity index (χ3n) is 8.62. The standard InChI is InChI=1S/C29H57NO10.C10H14O4.C9H21NO3/c1-24(20-39-26(3)22-35-18-16-33-5)10-9-11-28(31)37-14-7-8-15-38-29(32)12-13-30-25(2)21-40-27(4)23-36-19-17-34-6;1-3-9(11)13-7-5-6-8-14-10(12)4-2;1-8(10)6-13-9(2)7-12-5-4-11-3/h24-27,30H,7-23H2,1-6H3;3-4H,1-2,5-8H2;8-9H,4-7,10H2,1-3H3. The minimum absolute atomic E-state index is 0.00835. The molecule has 67 heavy (non-hydrogen) atoms. The smallest absolute Gasteiger partial charge is 0.330 e. The zero-order chi connectivity index (χ0) is 50.8. The summed E-state index contributed by atoms with van der Waals surface area (Å²) in [6.45, 7) is 27.2. The van der Waals surface area contributed by atoms with Crippen LogP contribution in [0.1, 0.15) is 92.9 Å². The molecule has 0 saturated heterocycles. The van der Waals surface area contributed by atoms with Crippen LogP contribution in [0, 0.1) is 5.92 Å². The highest BCUT2D eigenvalue weighted by atomic mass is 16.6. The van der Waals surface area contributed by atoms with Crippen LogP contribution in [0.2, 0.25) is 0 Å². The van der Waals surface area contributed by atoms with E-state index in [-0.39, 0.29) is 42.3 Å². The van der Waals surface area contributed by atoms with Crippen LogP contribution in [0.25, 0.3) is 0 Å². The zero-order valence-corrected chi connectivity index (χ0v) is 42.7. The van der Waals surface area contributed by atoms with Gasteiger partial charge in [0.1, 0.15) is 0 Å². The second-order valence-corrected chi connectivity index (χ2v) is 15.8. The molecule has 0 amide bonds. The minimum atomic E-state index is -0.437. The van der Waals surface area contributed by atoms with Crippen LogP contribution in [0.15, 0.2) is 25.3 Å². The molecular formula is C48H92N2O17. The summed E-state index contributed by atoms with van der Waals surface area (Å²) in [6, 6.07) is 0.196. The molecule has 0 saturated carbocycles. The maximum Gasteiger partial charge on any atom is 0.330 e. The average molecular weight is 969 g/mol. The first kappa shape index (κ1) is 68.2. The van der Waals surface area contributed by atoms with E-state index in [1.165, 1.54) is 0 Å². The average Bonchev–Trinajstić information content (AvgIpc) is 3.31. The molecule has 3 N–H and O–H groups in total. The molecule has 0 aromatic heterocycles. The maximum atomic E-state index is 11.9. The summed E-state index contributed by atoms with van der Waals surface area (Å²) in [7, 11) is 4.94. The molecule has 0 aliphatic heterocycles. The van der Waals surface area contributed by atoms with Gasteiger partial charge in [-0.15, -0.1) is 0 Å². The first-order valence-corrected chi connectivity index (χ1v) is 23.6. The van der Waals surface area contributed by atoms with Gasteiger partial charge in [-0.05, 0) is 79.1 Å². The summed E-state index contributed by atoms with van der Waals surface area (Å²) >= 11 is 0. The largest absolute Gasteiger partial charge is 0.466 e. The van der Waals surface area contributed by atoms with Gasteiger partial charge in [-0.3, -0.25) is 9.59 Å². The number of ether oxygens (including phenoxy) is 13. The van der Waals surface area contributed by atoms with E-state index in [4.69, 9.17) is 67.3 Å². The van der Waals surface area contributed by atoms with Crippen molar-refractivity contribution in [1.29, 1.82) is 0 Å². The number of rotatable bonds is 44. The Morgan fingerprint density at radius 2 is 0.881 bits per heavy atom. The Balaban J connectivity index is -0.00000122. The number of unbranched alkanes of at least 4 members (excludes halogenated alkanes) is 2. The van der Waals surface area contributed by atoms with Crippen LogP contribution in [0.4, 0.5) is 0 Å². The van der Waals surface area contributed by atoms with Crippen LogP contribution in [0.3, 0.4) is 0 Å². The Morgan fingerprint density at radius 3 is 1.28 bits per heavy atom. The van der Waals surface area contributed by atoms with Crippen molar-refractivity contribution in [2.24, 2.45) is 11.7 Å². The third kappa shape index (κ3) is 57.2. The highest BCUT2D eigenvalue weighted by Gasteiger charge is 2.11. The summed E-state index contributed by atoms with van der Waals surface area (Å²) < 4.78 is 67.8. The van der Waals surface area contributed by atoms with E-state index in [9.17, 15) is 19.2 Å². The summed E-state index contributed by atoms with van der Waals surface area (Å²) in [5, 5.41) is 3.25. The number of esters is 4. The molecule has 0 aromatic carbocycles. The van der Waals surface area contributed by atoms with Gasteiger partial charge < -0.3 is 72.6 Å². The predicted octanol–water partition coefficient (Wildman–Crippen LogP) is 4.79. The van der Waals surface area contributed by atoms with Crippen molar-refractivity contribution < 1.29 is 80.8 Å². The summed E-state index contributed by atoms with van der Waals surface area (Å²) in [4.78, 5) is 45.0. The van der Waals surface area contributed by atoms with E-state index in [0.717, 1.165) is 25.0 Å². The monoisotopic (exact) mass is 969 g/mol. The molecule has 0 aliphatic carbocycles. The van der Waals surface area contributed by atoms with Crippen LogP contribution in [-0.4, -0.2) is 188 Å². The maximum absolute atomic E-state index is 11.9. The topological polar surface area (TPSA) is 226 Å². The van der Waals surface area contributed by atoms with E-state index in [2.05, 4.69) is 25.4 Å². The van der Waals surface area contributed by atoms with Crippen LogP contribution in [-0.2, 0) is 80.8 Å². The lowest BCUT2D eigenvalue weighted by Crippen LogP contribution is -2.34. The van der Waals surface area contributed by atoms with E-state index >= 15 is 0 Å². The fraction of sp³-hybridized carbons (Fsp3) is 0.833. The lowest BCUT2D eigenvalue weighted by molar-refractivity contribution is -0.146. The Labute approximate surface area is 403 Å². The van der Waals surface area contributed by atoms with Crippen molar-refractivity contribution in [3.8, 4) is 0 Å². The quantitative estimate of drug-likeness (QED) is 0.0362. The van der Waals surface area contributed by atoms with Gasteiger partial charge in [0, 0.05) is 65.1 Å². The molecule has 0 radical (unpaired) electrons. The molecule has 0 aliphatic rings. The van der Waals surface area contributed by atoms with Gasteiger partial charge in [-0.1, -0.05) is 20.1 Å². The first-order chi connectivity index (χ1) is 32.1. The van der Waals surface area contributed by atoms with Gasteiger partial charge in [0.25, 0.3) is 0 Å². The molecule has 19 nitrogen and oxygen atoms in total. The zero-order valence-electron chi connectivity index (χ0n) is 42.7. The van der Waals surface area contributed by atoms with Crippen molar-refractivity contribution >= 4 is 23.9 Å². The summed E-state index contributed by atoms with van der Waals surface area (Å²) in [5.41, 5.74) is 5.53. The highest BCUT2D eigenvalue weighted by Crippen LogP contribution is 2.11. The van der Waals surface area contributed by atoms with Crippen molar-refractivity contribution in [2.75, 3.05) is 134 Å². The molecule has 6 unspecified atom stereocenters. The Morgan fingerprint density at radius 1 is 0.493 bits per heavy atom. The molecular weight excluding hydrogens is 877 g/mol. The van der Waals surface area contributed by atoms with Gasteiger partial charge in [0.2, 0.25) is 0 Å². The number of methoxy groups -OCH3 is 3. The van der Waals surface area contributed by atoms with Crippen molar-refractivity contribution in [3.05, 3.63) is 25.3 Å². The Bertz CT molecular complexity index is 1090. The molecule has 0 rings (SSSR count). The fourth-order valence-electron chi connectivity index (χ4n) is 4.82. The number of carbonyl (C=O) groups is 4. The van der Waals surface area contributed by atoms with Gasteiger partial charge in [-0.2, -0.15) is 0 Å². The number of hydrogen-bond donors (Lipinski definition) is 2.